The standard InChI is InChI=1S/C27H25ClN2O3/c1-31-26-12-10-19(15-27(26)32-2)16-29-30-17-24-23-9-4-3-7-21(23)11-13-25(24)33-18-20-6-5-8-22(28)14-20/h3-15,17,29H,16,18H2,1-2H3/b30-17+. The second kappa shape index (κ2) is 10.7. The fourth-order valence-electron chi connectivity index (χ4n) is 3.56. The molecule has 0 saturated heterocycles. The van der Waals surface area contributed by atoms with Crippen LogP contribution >= 0.6 is 11.6 Å². The van der Waals surface area contributed by atoms with E-state index < -0.39 is 0 Å². The molecule has 0 bridgehead atoms. The van der Waals surface area contributed by atoms with Crippen molar-refractivity contribution in [2.75, 3.05) is 14.2 Å². The Morgan fingerprint density at radius 1 is 0.818 bits per heavy atom. The number of rotatable bonds is 9. The summed E-state index contributed by atoms with van der Waals surface area (Å²) in [7, 11) is 3.24. The summed E-state index contributed by atoms with van der Waals surface area (Å²) in [4.78, 5) is 0. The molecular formula is C27H25ClN2O3. The Bertz CT molecular complexity index is 1270. The van der Waals surface area contributed by atoms with E-state index in [-0.39, 0.29) is 0 Å². The molecule has 0 atom stereocenters. The van der Waals surface area contributed by atoms with Gasteiger partial charge in [-0.3, -0.25) is 0 Å². The van der Waals surface area contributed by atoms with Crippen molar-refractivity contribution in [3.05, 3.63) is 101 Å². The normalized spacial score (nSPS) is 11.0. The Morgan fingerprint density at radius 2 is 1.64 bits per heavy atom. The zero-order chi connectivity index (χ0) is 23.0. The number of fused-ring (bicyclic) bond motifs is 1. The summed E-state index contributed by atoms with van der Waals surface area (Å²) in [5.74, 6) is 2.14. The van der Waals surface area contributed by atoms with Crippen LogP contribution in [0.4, 0.5) is 0 Å². The summed E-state index contributed by atoms with van der Waals surface area (Å²) in [6, 6.07) is 25.6. The van der Waals surface area contributed by atoms with Gasteiger partial charge in [-0.1, -0.05) is 60.1 Å². The Labute approximate surface area is 198 Å². The SMILES string of the molecule is COc1ccc(CN/N=C/c2c(OCc3cccc(Cl)c3)ccc3ccccc23)cc1OC. The molecule has 0 saturated carbocycles. The van der Waals surface area contributed by atoms with Crippen molar-refractivity contribution in [1.82, 2.24) is 5.43 Å². The minimum absolute atomic E-state index is 0.415. The van der Waals surface area contributed by atoms with E-state index in [2.05, 4.69) is 28.7 Å². The molecule has 4 rings (SSSR count). The largest absolute Gasteiger partial charge is 0.493 e. The van der Waals surface area contributed by atoms with E-state index in [0.29, 0.717) is 29.7 Å². The van der Waals surface area contributed by atoms with Crippen molar-refractivity contribution in [2.24, 2.45) is 5.10 Å². The van der Waals surface area contributed by atoms with Gasteiger partial charge in [-0.15, -0.1) is 0 Å². The Hall–Kier alpha value is -3.70. The van der Waals surface area contributed by atoms with Gasteiger partial charge in [0.1, 0.15) is 12.4 Å². The lowest BCUT2D eigenvalue weighted by atomic mass is 10.0. The average Bonchev–Trinajstić information content (AvgIpc) is 2.85. The van der Waals surface area contributed by atoms with Gasteiger partial charge in [-0.05, 0) is 52.2 Å². The zero-order valence-electron chi connectivity index (χ0n) is 18.5. The molecule has 0 aliphatic carbocycles. The number of nitrogens with one attached hydrogen (secondary N) is 1. The smallest absolute Gasteiger partial charge is 0.161 e. The van der Waals surface area contributed by atoms with Crippen molar-refractivity contribution in [3.63, 3.8) is 0 Å². The molecule has 4 aromatic carbocycles. The van der Waals surface area contributed by atoms with Gasteiger partial charge in [-0.2, -0.15) is 5.10 Å². The molecule has 0 amide bonds. The first-order valence-electron chi connectivity index (χ1n) is 10.5. The summed E-state index contributed by atoms with van der Waals surface area (Å²) >= 11 is 6.11. The highest BCUT2D eigenvalue weighted by molar-refractivity contribution is 6.30. The monoisotopic (exact) mass is 460 g/mol. The lowest BCUT2D eigenvalue weighted by Gasteiger charge is -2.12. The predicted molar refractivity (Wildman–Crippen MR) is 134 cm³/mol. The fraction of sp³-hybridized carbons (Fsp3) is 0.148. The van der Waals surface area contributed by atoms with Gasteiger partial charge >= 0.3 is 0 Å². The van der Waals surface area contributed by atoms with Crippen LogP contribution in [0.25, 0.3) is 10.8 Å². The van der Waals surface area contributed by atoms with E-state index in [1.807, 2.05) is 60.7 Å². The van der Waals surface area contributed by atoms with Gasteiger partial charge in [0, 0.05) is 10.6 Å². The summed E-state index contributed by atoms with van der Waals surface area (Å²) in [6.45, 7) is 0.957. The second-order valence-electron chi connectivity index (χ2n) is 7.40. The molecule has 0 fully saturated rings. The number of hydrazone groups is 1. The first-order chi connectivity index (χ1) is 16.2. The Kier molecular flexibility index (Phi) is 7.33. The molecular weight excluding hydrogens is 436 g/mol. The lowest BCUT2D eigenvalue weighted by Crippen LogP contribution is -2.07. The molecule has 0 heterocycles. The van der Waals surface area contributed by atoms with Crippen molar-refractivity contribution in [2.45, 2.75) is 13.2 Å². The van der Waals surface area contributed by atoms with Crippen molar-refractivity contribution < 1.29 is 14.2 Å². The highest BCUT2D eigenvalue weighted by Crippen LogP contribution is 2.29. The number of halogens is 1. The highest BCUT2D eigenvalue weighted by Gasteiger charge is 2.08. The minimum Gasteiger partial charge on any atom is -0.493 e. The number of hydrogen-bond donors (Lipinski definition) is 1. The van der Waals surface area contributed by atoms with Crippen molar-refractivity contribution in [1.29, 1.82) is 0 Å². The van der Waals surface area contributed by atoms with Gasteiger partial charge in [0.15, 0.2) is 11.5 Å². The highest BCUT2D eigenvalue weighted by atomic mass is 35.5. The van der Waals surface area contributed by atoms with Crippen molar-refractivity contribution in [3.8, 4) is 17.2 Å². The van der Waals surface area contributed by atoms with Crippen LogP contribution in [0.5, 0.6) is 17.2 Å². The maximum Gasteiger partial charge on any atom is 0.161 e. The summed E-state index contributed by atoms with van der Waals surface area (Å²) in [5.41, 5.74) is 6.06. The maximum absolute atomic E-state index is 6.15. The van der Waals surface area contributed by atoms with Crippen LogP contribution in [-0.2, 0) is 13.2 Å². The van der Waals surface area contributed by atoms with Crippen LogP contribution in [0.2, 0.25) is 5.02 Å². The van der Waals surface area contributed by atoms with Gasteiger partial charge in [-0.25, -0.2) is 0 Å². The van der Waals surface area contributed by atoms with Gasteiger partial charge in [0.25, 0.3) is 0 Å². The van der Waals surface area contributed by atoms with Crippen LogP contribution < -0.4 is 19.6 Å². The van der Waals surface area contributed by atoms with Crippen LogP contribution in [0, 0.1) is 0 Å². The van der Waals surface area contributed by atoms with E-state index in [1.54, 1.807) is 20.4 Å². The predicted octanol–water partition coefficient (Wildman–Crippen LogP) is 6.21. The molecule has 5 nitrogen and oxygen atoms in total. The van der Waals surface area contributed by atoms with Gasteiger partial charge < -0.3 is 19.6 Å². The number of methoxy groups -OCH3 is 2. The van der Waals surface area contributed by atoms with Crippen LogP contribution in [0.3, 0.4) is 0 Å². The van der Waals surface area contributed by atoms with Gasteiger partial charge in [0.05, 0.1) is 27.0 Å². The van der Waals surface area contributed by atoms with Crippen molar-refractivity contribution >= 4 is 28.6 Å². The fourth-order valence-corrected chi connectivity index (χ4v) is 3.77. The third kappa shape index (κ3) is 5.57. The lowest BCUT2D eigenvalue weighted by molar-refractivity contribution is 0.306. The van der Waals surface area contributed by atoms with E-state index in [0.717, 1.165) is 33.2 Å². The second-order valence-corrected chi connectivity index (χ2v) is 7.84. The molecule has 0 aliphatic heterocycles. The summed E-state index contributed by atoms with van der Waals surface area (Å²) < 4.78 is 16.8. The van der Waals surface area contributed by atoms with Gasteiger partial charge in [0.2, 0.25) is 0 Å². The number of benzene rings is 4. The topological polar surface area (TPSA) is 52.1 Å². The van der Waals surface area contributed by atoms with E-state index in [4.69, 9.17) is 25.8 Å². The van der Waals surface area contributed by atoms with Crippen LogP contribution in [0.1, 0.15) is 16.7 Å². The third-order valence-corrected chi connectivity index (χ3v) is 5.47. The molecule has 6 heteroatoms. The van der Waals surface area contributed by atoms with E-state index in [9.17, 15) is 0 Å². The molecule has 0 aliphatic rings. The molecule has 0 unspecified atom stereocenters. The Balaban J connectivity index is 1.52. The Morgan fingerprint density at radius 3 is 2.45 bits per heavy atom. The first kappa shape index (κ1) is 22.5. The van der Waals surface area contributed by atoms with Crippen LogP contribution in [0.15, 0.2) is 84.0 Å². The number of ether oxygens (including phenoxy) is 3. The molecule has 1 N–H and O–H groups in total. The molecule has 4 aromatic rings. The molecule has 33 heavy (non-hydrogen) atoms. The molecule has 0 radical (unpaired) electrons. The zero-order valence-corrected chi connectivity index (χ0v) is 19.3. The average molecular weight is 461 g/mol. The quantitative estimate of drug-likeness (QED) is 0.238. The summed E-state index contributed by atoms with van der Waals surface area (Å²) in [5, 5.41) is 7.34. The van der Waals surface area contributed by atoms with E-state index >= 15 is 0 Å². The molecule has 0 spiro atoms. The molecule has 168 valence electrons. The van der Waals surface area contributed by atoms with E-state index in [1.165, 1.54) is 0 Å². The maximum atomic E-state index is 6.15. The molecule has 0 aromatic heterocycles. The summed E-state index contributed by atoms with van der Waals surface area (Å²) in [6.07, 6.45) is 1.80. The number of nitrogens with zero attached hydrogens (tertiary/aromatic N) is 1. The minimum atomic E-state index is 0.415. The first-order valence-corrected chi connectivity index (χ1v) is 10.9. The third-order valence-electron chi connectivity index (χ3n) is 5.23. The number of hydrogen-bond acceptors (Lipinski definition) is 5. The van der Waals surface area contributed by atoms with Crippen LogP contribution in [-0.4, -0.2) is 20.4 Å².